The van der Waals surface area contributed by atoms with Crippen molar-refractivity contribution in [3.63, 3.8) is 0 Å². The van der Waals surface area contributed by atoms with Crippen molar-refractivity contribution in [1.29, 1.82) is 0 Å². The molecule has 1 aliphatic heterocycles. The summed E-state index contributed by atoms with van der Waals surface area (Å²) >= 11 is 2.88. The number of carbonyl (C=O) groups is 1. The van der Waals surface area contributed by atoms with E-state index in [1.54, 1.807) is 15.9 Å². The molecule has 0 aliphatic carbocycles. The maximum absolute atomic E-state index is 13.6. The van der Waals surface area contributed by atoms with Crippen LogP contribution in [-0.4, -0.2) is 33.4 Å². The number of thiophene rings is 1. The molecule has 0 bridgehead atoms. The zero-order chi connectivity index (χ0) is 22.8. The number of hydrogen-bond acceptors (Lipinski definition) is 6. The Hall–Kier alpha value is -2.16. The predicted octanol–water partition coefficient (Wildman–Crippen LogP) is 4.94. The number of ether oxygens (including phenoxy) is 1. The van der Waals surface area contributed by atoms with Gasteiger partial charge in [-0.05, 0) is 57.2 Å². The second-order valence-electron chi connectivity index (χ2n) is 8.18. The maximum atomic E-state index is 13.6. The molecule has 1 aromatic carbocycles. The molecule has 2 unspecified atom stereocenters. The molecule has 8 heteroatoms. The van der Waals surface area contributed by atoms with Gasteiger partial charge in [-0.1, -0.05) is 36.9 Å². The molecular formula is C24H29N3O3S2. The van der Waals surface area contributed by atoms with Gasteiger partial charge >= 0.3 is 0 Å². The number of aryl methyl sites for hydroxylation is 3. The van der Waals surface area contributed by atoms with Crippen LogP contribution < -0.4 is 10.9 Å². The quantitative estimate of drug-likeness (QED) is 0.390. The van der Waals surface area contributed by atoms with Crippen LogP contribution >= 0.6 is 23.1 Å². The Morgan fingerprint density at radius 3 is 2.84 bits per heavy atom. The van der Waals surface area contributed by atoms with Crippen molar-refractivity contribution in [1.82, 2.24) is 9.55 Å². The van der Waals surface area contributed by atoms with E-state index in [-0.39, 0.29) is 17.6 Å². The van der Waals surface area contributed by atoms with Gasteiger partial charge in [0.25, 0.3) is 5.56 Å². The molecule has 4 rings (SSSR count). The average Bonchev–Trinajstić information content (AvgIpc) is 3.39. The first-order chi connectivity index (χ1) is 15.4. The normalized spacial score (nSPS) is 17.1. The van der Waals surface area contributed by atoms with Crippen LogP contribution in [0, 0.1) is 13.8 Å². The van der Waals surface area contributed by atoms with Crippen LogP contribution in [-0.2, 0) is 22.5 Å². The third-order valence-electron chi connectivity index (χ3n) is 5.90. The minimum Gasteiger partial charge on any atom is -0.376 e. The first kappa shape index (κ1) is 23.0. The molecule has 1 amide bonds. The lowest BCUT2D eigenvalue weighted by atomic mass is 10.1. The van der Waals surface area contributed by atoms with Gasteiger partial charge in [0.1, 0.15) is 4.83 Å². The molecule has 1 fully saturated rings. The topological polar surface area (TPSA) is 73.2 Å². The monoisotopic (exact) mass is 471 g/mol. The summed E-state index contributed by atoms with van der Waals surface area (Å²) in [5.41, 5.74) is 2.85. The molecule has 0 radical (unpaired) electrons. The Morgan fingerprint density at radius 2 is 2.16 bits per heavy atom. The number of amides is 1. The van der Waals surface area contributed by atoms with Crippen molar-refractivity contribution < 1.29 is 9.53 Å². The van der Waals surface area contributed by atoms with E-state index in [1.807, 2.05) is 45.0 Å². The van der Waals surface area contributed by atoms with E-state index in [2.05, 4.69) is 12.2 Å². The van der Waals surface area contributed by atoms with Gasteiger partial charge in [-0.2, -0.15) is 0 Å². The number of aromatic nitrogens is 2. The molecule has 1 aliphatic rings. The number of carbonyl (C=O) groups excluding carboxylic acids is 1. The zero-order valence-electron chi connectivity index (χ0n) is 18.9. The highest BCUT2D eigenvalue weighted by Gasteiger charge is 2.25. The van der Waals surface area contributed by atoms with Crippen molar-refractivity contribution in [2.24, 2.45) is 0 Å². The van der Waals surface area contributed by atoms with Gasteiger partial charge in [0.2, 0.25) is 5.91 Å². The van der Waals surface area contributed by atoms with Crippen LogP contribution in [0.25, 0.3) is 10.2 Å². The summed E-state index contributed by atoms with van der Waals surface area (Å²) in [5.74, 6) is -0.112. The van der Waals surface area contributed by atoms with E-state index in [9.17, 15) is 9.59 Å². The Balaban J connectivity index is 1.67. The second-order valence-corrected chi connectivity index (χ2v) is 10.7. The summed E-state index contributed by atoms with van der Waals surface area (Å²) in [5, 5.41) is 3.88. The van der Waals surface area contributed by atoms with E-state index in [4.69, 9.17) is 9.72 Å². The number of hydrogen-bond donors (Lipinski definition) is 1. The molecule has 3 heterocycles. The molecule has 6 nitrogen and oxygen atoms in total. The maximum Gasteiger partial charge on any atom is 0.263 e. The van der Waals surface area contributed by atoms with Crippen molar-refractivity contribution in [2.45, 2.75) is 70.0 Å². The summed E-state index contributed by atoms with van der Waals surface area (Å²) in [6, 6.07) is 7.70. The summed E-state index contributed by atoms with van der Waals surface area (Å²) in [6.45, 7) is 9.12. The minimum atomic E-state index is -0.415. The third kappa shape index (κ3) is 4.63. The van der Waals surface area contributed by atoms with Gasteiger partial charge in [-0.25, -0.2) is 4.98 Å². The van der Waals surface area contributed by atoms with Gasteiger partial charge in [0, 0.05) is 17.2 Å². The van der Waals surface area contributed by atoms with Gasteiger partial charge < -0.3 is 10.1 Å². The van der Waals surface area contributed by atoms with Gasteiger partial charge in [0.05, 0.1) is 23.3 Å². The standard InChI is InChI=1S/C24H29N3O3S2/c1-5-18-15(3)31-22-20(18)23(29)27(13-17-10-8-12-30-17)24(26-22)32-16(4)21(28)25-19-11-7-6-9-14(19)2/h6-7,9,11,16-17H,5,8,10,12-13H2,1-4H3,(H,25,28). The Morgan fingerprint density at radius 1 is 1.38 bits per heavy atom. The summed E-state index contributed by atoms with van der Waals surface area (Å²) in [4.78, 5) is 33.2. The molecule has 0 spiro atoms. The summed E-state index contributed by atoms with van der Waals surface area (Å²) in [6.07, 6.45) is 2.74. The number of fused-ring (bicyclic) bond motifs is 1. The SMILES string of the molecule is CCc1c(C)sc2nc(SC(C)C(=O)Nc3ccccc3C)n(CC3CCCO3)c(=O)c12. The molecule has 1 N–H and O–H groups in total. The van der Waals surface area contributed by atoms with Crippen molar-refractivity contribution in [2.75, 3.05) is 11.9 Å². The number of rotatable bonds is 7. The third-order valence-corrected chi connectivity index (χ3v) is 8.03. The van der Waals surface area contributed by atoms with Gasteiger partial charge in [-0.15, -0.1) is 11.3 Å². The number of anilines is 1. The van der Waals surface area contributed by atoms with E-state index < -0.39 is 5.25 Å². The first-order valence-corrected chi connectivity index (χ1v) is 12.8. The smallest absolute Gasteiger partial charge is 0.263 e. The van der Waals surface area contributed by atoms with Crippen LogP contribution in [0.3, 0.4) is 0 Å². The van der Waals surface area contributed by atoms with Crippen molar-refractivity contribution in [3.05, 3.63) is 50.6 Å². The van der Waals surface area contributed by atoms with Crippen LogP contribution in [0.5, 0.6) is 0 Å². The minimum absolute atomic E-state index is 0.00668. The average molecular weight is 472 g/mol. The highest BCUT2D eigenvalue weighted by atomic mass is 32.2. The van der Waals surface area contributed by atoms with Gasteiger partial charge in [0.15, 0.2) is 5.16 Å². The molecule has 1 saturated heterocycles. The highest BCUT2D eigenvalue weighted by molar-refractivity contribution is 8.00. The second kappa shape index (κ2) is 9.77. The number of thioether (sulfide) groups is 1. The lowest BCUT2D eigenvalue weighted by Crippen LogP contribution is -2.30. The van der Waals surface area contributed by atoms with Crippen molar-refractivity contribution in [3.8, 4) is 0 Å². The Bertz CT molecular complexity index is 1200. The first-order valence-electron chi connectivity index (χ1n) is 11.1. The van der Waals surface area contributed by atoms with Gasteiger partial charge in [-0.3, -0.25) is 14.2 Å². The molecule has 3 aromatic rings. The number of nitrogens with one attached hydrogen (secondary N) is 1. The Labute approximate surface area is 196 Å². The number of benzene rings is 1. The van der Waals surface area contributed by atoms with Crippen LogP contribution in [0.1, 0.15) is 42.7 Å². The molecule has 32 heavy (non-hydrogen) atoms. The van der Waals surface area contributed by atoms with E-state index in [0.29, 0.717) is 11.7 Å². The Kier molecular flexibility index (Phi) is 7.02. The lowest BCUT2D eigenvalue weighted by Gasteiger charge is -2.18. The predicted molar refractivity (Wildman–Crippen MR) is 132 cm³/mol. The van der Waals surface area contributed by atoms with E-state index in [1.165, 1.54) is 11.8 Å². The molecule has 2 aromatic heterocycles. The fourth-order valence-corrected chi connectivity index (χ4v) is 6.13. The highest BCUT2D eigenvalue weighted by Crippen LogP contribution is 2.31. The fraction of sp³-hybridized carbons (Fsp3) is 0.458. The van der Waals surface area contributed by atoms with E-state index >= 15 is 0 Å². The summed E-state index contributed by atoms with van der Waals surface area (Å²) in [7, 11) is 0. The zero-order valence-corrected chi connectivity index (χ0v) is 20.6. The lowest BCUT2D eigenvalue weighted by molar-refractivity contribution is -0.115. The largest absolute Gasteiger partial charge is 0.376 e. The molecule has 170 valence electrons. The van der Waals surface area contributed by atoms with Crippen molar-refractivity contribution >= 4 is 44.9 Å². The van der Waals surface area contributed by atoms with E-state index in [0.717, 1.165) is 57.8 Å². The van der Waals surface area contributed by atoms with Crippen LogP contribution in [0.15, 0.2) is 34.2 Å². The summed E-state index contributed by atoms with van der Waals surface area (Å²) < 4.78 is 7.54. The van der Waals surface area contributed by atoms with Crippen LogP contribution in [0.2, 0.25) is 0 Å². The number of nitrogens with zero attached hydrogens (tertiary/aromatic N) is 2. The fourth-order valence-electron chi connectivity index (χ4n) is 4.06. The molecule has 0 saturated carbocycles. The van der Waals surface area contributed by atoms with Crippen LogP contribution in [0.4, 0.5) is 5.69 Å². The number of para-hydroxylation sites is 1. The molecule has 2 atom stereocenters. The molecular weight excluding hydrogens is 442 g/mol.